The van der Waals surface area contributed by atoms with Crippen LogP contribution in [0.5, 0.6) is 0 Å². The number of rotatable bonds is 5. The molecule has 0 bridgehead atoms. The molecule has 4 nitrogen and oxygen atoms in total. The molecule has 0 aliphatic carbocycles. The van der Waals surface area contributed by atoms with Gasteiger partial charge >= 0.3 is 0 Å². The molecule has 26 heavy (non-hydrogen) atoms. The Morgan fingerprint density at radius 3 is 2.62 bits per heavy atom. The van der Waals surface area contributed by atoms with E-state index < -0.39 is 0 Å². The molecule has 0 atom stereocenters. The number of carbonyl (C=O) groups excluding carboxylic acids is 1. The molecular formula is C20H16BrN3OS. The number of nitrogens with one attached hydrogen (secondary N) is 1. The smallest absolute Gasteiger partial charge is 0.262 e. The summed E-state index contributed by atoms with van der Waals surface area (Å²) in [7, 11) is 0. The summed E-state index contributed by atoms with van der Waals surface area (Å²) in [6, 6.07) is 18.3. The van der Waals surface area contributed by atoms with Gasteiger partial charge in [-0.15, -0.1) is 11.3 Å². The van der Waals surface area contributed by atoms with E-state index in [4.69, 9.17) is 0 Å². The van der Waals surface area contributed by atoms with Crippen molar-refractivity contribution >= 4 is 44.2 Å². The summed E-state index contributed by atoms with van der Waals surface area (Å²) >= 11 is 4.82. The van der Waals surface area contributed by atoms with Crippen LogP contribution in [-0.2, 0) is 13.1 Å². The summed E-state index contributed by atoms with van der Waals surface area (Å²) in [5, 5.41) is 4.85. The van der Waals surface area contributed by atoms with Crippen LogP contribution in [0, 0.1) is 0 Å². The summed E-state index contributed by atoms with van der Waals surface area (Å²) in [6.07, 6.45) is 1.87. The molecular weight excluding hydrogens is 410 g/mol. The van der Waals surface area contributed by atoms with Crippen molar-refractivity contribution in [2.75, 3.05) is 0 Å². The number of thiophene rings is 1. The first-order valence-electron chi connectivity index (χ1n) is 8.19. The first kappa shape index (κ1) is 17.0. The third-order valence-corrected chi connectivity index (χ3v) is 6.02. The minimum atomic E-state index is -0.0548. The molecule has 0 saturated heterocycles. The van der Waals surface area contributed by atoms with Crippen molar-refractivity contribution in [3.8, 4) is 0 Å². The monoisotopic (exact) mass is 425 g/mol. The molecule has 0 unspecified atom stereocenters. The Morgan fingerprint density at radius 2 is 1.85 bits per heavy atom. The van der Waals surface area contributed by atoms with Gasteiger partial charge in [0.1, 0.15) is 4.88 Å². The first-order chi connectivity index (χ1) is 12.7. The van der Waals surface area contributed by atoms with Gasteiger partial charge in [-0.1, -0.05) is 36.4 Å². The Hall–Kier alpha value is -2.44. The van der Waals surface area contributed by atoms with Crippen LogP contribution in [0.3, 0.4) is 0 Å². The number of amides is 1. The molecule has 130 valence electrons. The van der Waals surface area contributed by atoms with Crippen LogP contribution in [0.1, 0.15) is 20.8 Å². The maximum Gasteiger partial charge on any atom is 0.262 e. The van der Waals surface area contributed by atoms with E-state index in [1.54, 1.807) is 0 Å². The van der Waals surface area contributed by atoms with E-state index in [9.17, 15) is 4.79 Å². The van der Waals surface area contributed by atoms with E-state index in [2.05, 4.69) is 61.1 Å². The minimum Gasteiger partial charge on any atom is -0.347 e. The lowest BCUT2D eigenvalue weighted by molar-refractivity contribution is 0.0954. The lowest BCUT2D eigenvalue weighted by Crippen LogP contribution is -2.22. The second kappa shape index (κ2) is 7.43. The number of fused-ring (bicyclic) bond motifs is 1. The maximum atomic E-state index is 12.2. The zero-order valence-electron chi connectivity index (χ0n) is 13.9. The molecule has 0 fully saturated rings. The van der Waals surface area contributed by atoms with Gasteiger partial charge in [0.15, 0.2) is 0 Å². The van der Waals surface area contributed by atoms with Gasteiger partial charge in [-0.3, -0.25) is 4.79 Å². The number of benzene rings is 2. The average Bonchev–Trinajstić information content (AvgIpc) is 3.27. The zero-order chi connectivity index (χ0) is 17.9. The van der Waals surface area contributed by atoms with Crippen molar-refractivity contribution in [3.05, 3.63) is 86.8 Å². The predicted molar refractivity (Wildman–Crippen MR) is 108 cm³/mol. The average molecular weight is 426 g/mol. The normalized spacial score (nSPS) is 11.0. The van der Waals surface area contributed by atoms with Gasteiger partial charge in [-0.2, -0.15) is 0 Å². The third kappa shape index (κ3) is 3.57. The number of hydrogen-bond donors (Lipinski definition) is 1. The number of imidazole rings is 1. The Kier molecular flexibility index (Phi) is 4.86. The molecule has 0 spiro atoms. The quantitative estimate of drug-likeness (QED) is 0.497. The number of halogens is 1. The van der Waals surface area contributed by atoms with Crippen LogP contribution < -0.4 is 5.32 Å². The molecule has 2 aromatic heterocycles. The number of carbonyl (C=O) groups is 1. The number of nitrogens with zero attached hydrogens (tertiary/aromatic N) is 2. The SMILES string of the molecule is O=C(NCc1ccc(Cn2cnc3ccccc32)cc1)c1sccc1Br. The second-order valence-electron chi connectivity index (χ2n) is 5.96. The van der Waals surface area contributed by atoms with Gasteiger partial charge in [0.05, 0.1) is 17.4 Å². The van der Waals surface area contributed by atoms with E-state index in [1.165, 1.54) is 16.9 Å². The second-order valence-corrected chi connectivity index (χ2v) is 7.73. The lowest BCUT2D eigenvalue weighted by Gasteiger charge is -2.07. The number of para-hydroxylation sites is 2. The summed E-state index contributed by atoms with van der Waals surface area (Å²) in [6.45, 7) is 1.28. The highest BCUT2D eigenvalue weighted by Gasteiger charge is 2.10. The first-order valence-corrected chi connectivity index (χ1v) is 9.87. The molecule has 4 aromatic rings. The van der Waals surface area contributed by atoms with Crippen LogP contribution >= 0.6 is 27.3 Å². The predicted octanol–water partition coefficient (Wildman–Crippen LogP) is 4.84. The molecule has 0 aliphatic heterocycles. The fourth-order valence-corrected chi connectivity index (χ4v) is 4.28. The van der Waals surface area contributed by atoms with Gasteiger partial charge in [-0.25, -0.2) is 4.98 Å². The van der Waals surface area contributed by atoms with Crippen molar-refractivity contribution in [2.45, 2.75) is 13.1 Å². The van der Waals surface area contributed by atoms with E-state index in [1.807, 2.05) is 36.0 Å². The van der Waals surface area contributed by atoms with Gasteiger partial charge in [0.25, 0.3) is 5.91 Å². The fraction of sp³-hybridized carbons (Fsp3) is 0.100. The summed E-state index contributed by atoms with van der Waals surface area (Å²) < 4.78 is 2.98. The number of aromatic nitrogens is 2. The molecule has 4 rings (SSSR count). The molecule has 0 aliphatic rings. The van der Waals surface area contributed by atoms with Crippen molar-refractivity contribution in [1.29, 1.82) is 0 Å². The van der Waals surface area contributed by atoms with Crippen molar-refractivity contribution < 1.29 is 4.79 Å². The van der Waals surface area contributed by atoms with Crippen LogP contribution in [0.2, 0.25) is 0 Å². The Labute approximate surface area is 163 Å². The highest BCUT2D eigenvalue weighted by molar-refractivity contribution is 9.10. The van der Waals surface area contributed by atoms with Crippen LogP contribution in [0.25, 0.3) is 11.0 Å². The molecule has 2 heterocycles. The molecule has 1 amide bonds. The lowest BCUT2D eigenvalue weighted by atomic mass is 10.1. The number of hydrogen-bond acceptors (Lipinski definition) is 3. The molecule has 6 heteroatoms. The zero-order valence-corrected chi connectivity index (χ0v) is 16.3. The largest absolute Gasteiger partial charge is 0.347 e. The maximum absolute atomic E-state index is 12.2. The molecule has 1 N–H and O–H groups in total. The summed E-state index contributed by atoms with van der Waals surface area (Å²) in [5.41, 5.74) is 4.41. The van der Waals surface area contributed by atoms with Crippen LogP contribution in [0.15, 0.2) is 70.8 Å². The standard InChI is InChI=1S/C20H16BrN3OS/c21-16-9-10-26-19(16)20(25)22-11-14-5-7-15(8-6-14)12-24-13-23-17-3-1-2-4-18(17)24/h1-10,13H,11-12H2,(H,22,25). The molecule has 2 aromatic carbocycles. The van der Waals surface area contributed by atoms with Crippen molar-refractivity contribution in [3.63, 3.8) is 0 Å². The van der Waals surface area contributed by atoms with E-state index in [0.717, 1.165) is 27.6 Å². The van der Waals surface area contributed by atoms with Gasteiger partial charge in [0, 0.05) is 17.6 Å². The molecule has 0 radical (unpaired) electrons. The molecule has 0 saturated carbocycles. The topological polar surface area (TPSA) is 46.9 Å². The Balaban J connectivity index is 1.40. The minimum absolute atomic E-state index is 0.0548. The van der Waals surface area contributed by atoms with E-state index in [0.29, 0.717) is 11.4 Å². The summed E-state index contributed by atoms with van der Waals surface area (Å²) in [4.78, 5) is 17.3. The van der Waals surface area contributed by atoms with Crippen molar-refractivity contribution in [1.82, 2.24) is 14.9 Å². The van der Waals surface area contributed by atoms with Crippen LogP contribution in [0.4, 0.5) is 0 Å². The summed E-state index contributed by atoms with van der Waals surface area (Å²) in [5.74, 6) is -0.0548. The van der Waals surface area contributed by atoms with E-state index in [-0.39, 0.29) is 5.91 Å². The van der Waals surface area contributed by atoms with Crippen LogP contribution in [-0.4, -0.2) is 15.5 Å². The van der Waals surface area contributed by atoms with E-state index >= 15 is 0 Å². The van der Waals surface area contributed by atoms with Crippen molar-refractivity contribution in [2.24, 2.45) is 0 Å². The van der Waals surface area contributed by atoms with Gasteiger partial charge < -0.3 is 9.88 Å². The highest BCUT2D eigenvalue weighted by Crippen LogP contribution is 2.22. The van der Waals surface area contributed by atoms with Gasteiger partial charge in [0.2, 0.25) is 0 Å². The fourth-order valence-electron chi connectivity index (χ4n) is 2.81. The highest BCUT2D eigenvalue weighted by atomic mass is 79.9. The Morgan fingerprint density at radius 1 is 1.08 bits per heavy atom. The van der Waals surface area contributed by atoms with Gasteiger partial charge in [-0.05, 0) is 50.6 Å². The third-order valence-electron chi connectivity index (χ3n) is 4.18. The Bertz CT molecular complexity index is 1050.